The monoisotopic (exact) mass is 846 g/mol. The van der Waals surface area contributed by atoms with E-state index in [0.29, 0.717) is 74.7 Å². The van der Waals surface area contributed by atoms with Crippen LogP contribution in [-0.4, -0.2) is 73.5 Å². The number of nitrogens with one attached hydrogen (secondary N) is 3. The van der Waals surface area contributed by atoms with E-state index in [2.05, 4.69) is 40.8 Å². The third kappa shape index (κ3) is 8.58. The molecular formula is C40H38N12O4S3. The van der Waals surface area contributed by atoms with Gasteiger partial charge in [0.05, 0.1) is 28.8 Å². The molecule has 0 saturated carbocycles. The number of hydrogen-bond donors (Lipinski definition) is 5. The summed E-state index contributed by atoms with van der Waals surface area (Å²) in [7, 11) is 0. The molecule has 300 valence electrons. The van der Waals surface area contributed by atoms with E-state index < -0.39 is 11.5 Å². The zero-order valence-electron chi connectivity index (χ0n) is 31.6. The highest BCUT2D eigenvalue weighted by atomic mass is 32.1. The van der Waals surface area contributed by atoms with Gasteiger partial charge in [0.1, 0.15) is 9.71 Å². The van der Waals surface area contributed by atoms with E-state index in [0.717, 1.165) is 35.6 Å². The van der Waals surface area contributed by atoms with Crippen LogP contribution in [0.25, 0.3) is 37.9 Å². The maximum atomic E-state index is 13.6. The van der Waals surface area contributed by atoms with E-state index >= 15 is 0 Å². The molecule has 0 radical (unpaired) electrons. The molecule has 1 atom stereocenters. The Morgan fingerprint density at radius 1 is 0.983 bits per heavy atom. The van der Waals surface area contributed by atoms with Crippen LogP contribution in [0.1, 0.15) is 51.5 Å². The lowest BCUT2D eigenvalue weighted by atomic mass is 9.95. The summed E-state index contributed by atoms with van der Waals surface area (Å²) in [5.74, 6) is -0.930. The molecule has 1 aliphatic heterocycles. The van der Waals surface area contributed by atoms with Gasteiger partial charge in [-0.1, -0.05) is 42.5 Å². The molecule has 0 aliphatic carbocycles. The number of carbonyl (C=O) groups is 3. The van der Waals surface area contributed by atoms with Crippen molar-refractivity contribution in [3.05, 3.63) is 110 Å². The Kier molecular flexibility index (Phi) is 11.5. The molecule has 5 aromatic heterocycles. The number of nitrogen functional groups attached to an aromatic ring is 1. The zero-order chi connectivity index (χ0) is 41.0. The molecule has 2 aromatic carbocycles. The molecule has 7 N–H and O–H groups in total. The van der Waals surface area contributed by atoms with Crippen LogP contribution < -0.4 is 27.7 Å². The molecule has 59 heavy (non-hydrogen) atoms. The maximum absolute atomic E-state index is 13.6. The van der Waals surface area contributed by atoms with Crippen molar-refractivity contribution in [1.29, 1.82) is 0 Å². The third-order valence-electron chi connectivity index (χ3n) is 10.0. The van der Waals surface area contributed by atoms with Crippen molar-refractivity contribution in [2.45, 2.75) is 25.8 Å². The summed E-state index contributed by atoms with van der Waals surface area (Å²) in [6.07, 6.45) is 3.03. The number of aromatic nitrogens is 5. The van der Waals surface area contributed by atoms with Gasteiger partial charge in [0.25, 0.3) is 11.8 Å². The molecule has 3 amide bonds. The quantitative estimate of drug-likeness (QED) is 0.0803. The Bertz CT molecular complexity index is 2710. The molecule has 0 spiro atoms. The Hall–Kier alpha value is -6.41. The van der Waals surface area contributed by atoms with Gasteiger partial charge in [0.15, 0.2) is 5.69 Å². The average molecular weight is 847 g/mol. The van der Waals surface area contributed by atoms with Crippen molar-refractivity contribution in [3.8, 4) is 27.6 Å². The van der Waals surface area contributed by atoms with Gasteiger partial charge in [0.2, 0.25) is 16.2 Å². The first kappa shape index (κ1) is 39.4. The molecule has 6 heterocycles. The zero-order valence-corrected chi connectivity index (χ0v) is 34.1. The third-order valence-corrected chi connectivity index (χ3v) is 12.6. The number of pyridine rings is 1. The predicted octanol–water partition coefficient (Wildman–Crippen LogP) is 6.44. The fraction of sp³-hybridized carbons (Fsp3) is 0.225. The van der Waals surface area contributed by atoms with Crippen LogP contribution in [0.5, 0.6) is 0 Å². The number of nitrogens with zero attached hydrogens (tertiary/aromatic N) is 7. The lowest BCUT2D eigenvalue weighted by Gasteiger charge is -2.31. The topological polar surface area (TPSA) is 232 Å². The van der Waals surface area contributed by atoms with Gasteiger partial charge in [0, 0.05) is 58.0 Å². The summed E-state index contributed by atoms with van der Waals surface area (Å²) in [4.78, 5) is 68.1. The van der Waals surface area contributed by atoms with E-state index in [1.807, 2.05) is 54.8 Å². The van der Waals surface area contributed by atoms with Crippen molar-refractivity contribution >= 4 is 78.5 Å². The predicted molar refractivity (Wildman–Crippen MR) is 230 cm³/mol. The summed E-state index contributed by atoms with van der Waals surface area (Å²) in [6.45, 7) is 4.48. The normalized spacial score (nSPS) is 14.2. The SMILES string of the molecule is CC(NC(=O)C1CCN(CCNC(=O)c2ccc(-c3csc(-n4[nH]c(-c5ccccc5)c(N=Nc5nccs5)c4=O)n3)cc2)CC1)c1ccc2c(N)c(C(N)=O)sc2n1. The number of azo groups is 1. The number of amides is 3. The number of H-pyrrole nitrogens is 1. The van der Waals surface area contributed by atoms with E-state index in [9.17, 15) is 19.2 Å². The number of aromatic amines is 1. The lowest BCUT2D eigenvalue weighted by Crippen LogP contribution is -2.43. The number of carbonyl (C=O) groups excluding carboxylic acids is 3. The molecule has 1 unspecified atom stereocenters. The maximum Gasteiger partial charge on any atom is 0.301 e. The van der Waals surface area contributed by atoms with Crippen LogP contribution in [0.4, 0.5) is 16.5 Å². The Labute approximate surface area is 349 Å². The van der Waals surface area contributed by atoms with Crippen LogP contribution in [-0.2, 0) is 4.79 Å². The molecule has 19 heteroatoms. The van der Waals surface area contributed by atoms with Crippen LogP contribution in [0.3, 0.4) is 0 Å². The summed E-state index contributed by atoms with van der Waals surface area (Å²) in [6, 6.07) is 19.9. The number of likely N-dealkylation sites (tertiary alicyclic amines) is 1. The van der Waals surface area contributed by atoms with Crippen LogP contribution in [0.15, 0.2) is 98.7 Å². The van der Waals surface area contributed by atoms with Gasteiger partial charge in [-0.05, 0) is 57.1 Å². The van der Waals surface area contributed by atoms with Crippen molar-refractivity contribution < 1.29 is 14.4 Å². The van der Waals surface area contributed by atoms with E-state index in [-0.39, 0.29) is 34.3 Å². The van der Waals surface area contributed by atoms with E-state index in [4.69, 9.17) is 16.5 Å². The van der Waals surface area contributed by atoms with Crippen LogP contribution in [0.2, 0.25) is 0 Å². The first-order valence-corrected chi connectivity index (χ1v) is 21.3. The number of thiophene rings is 1. The minimum Gasteiger partial charge on any atom is -0.397 e. The van der Waals surface area contributed by atoms with Crippen molar-refractivity contribution in [1.82, 2.24) is 40.3 Å². The van der Waals surface area contributed by atoms with Crippen molar-refractivity contribution in [2.24, 2.45) is 21.9 Å². The fourth-order valence-corrected chi connectivity index (χ4v) is 9.00. The number of nitrogens with two attached hydrogens (primary N) is 2. The molecule has 8 rings (SSSR count). The molecule has 1 fully saturated rings. The minimum atomic E-state index is -0.590. The van der Waals surface area contributed by atoms with E-state index in [1.54, 1.807) is 35.8 Å². The number of benzene rings is 2. The molecule has 1 aliphatic rings. The second-order valence-electron chi connectivity index (χ2n) is 13.8. The second-order valence-corrected chi connectivity index (χ2v) is 16.6. The first-order valence-electron chi connectivity index (χ1n) is 18.7. The standard InChI is InChI=1S/C40H38N12O4S3/c1-22(28-12-11-27-30(41)33(34(42)53)59-37(27)46-28)45-36(55)26-13-17-51(18-14-26)19-15-43-35(54)25-9-7-23(8-10-25)29-21-58-40(47-29)52-38(56)32(48-49-39-44-16-20-57-39)31(50-52)24-5-3-2-4-6-24/h2-12,16,20-22,26,50H,13-15,17-19,41H2,1H3,(H2,42,53)(H,43,54)(H,45,55). The summed E-state index contributed by atoms with van der Waals surface area (Å²) < 4.78 is 1.36. The molecule has 7 aromatic rings. The number of anilines is 1. The van der Waals surface area contributed by atoms with Gasteiger partial charge >= 0.3 is 5.56 Å². The Morgan fingerprint density at radius 3 is 2.49 bits per heavy atom. The van der Waals surface area contributed by atoms with Gasteiger partial charge in [-0.15, -0.1) is 44.2 Å². The molecule has 0 bridgehead atoms. The number of piperidine rings is 1. The Balaban J connectivity index is 0.822. The summed E-state index contributed by atoms with van der Waals surface area (Å²) in [5, 5.41) is 22.9. The first-order chi connectivity index (χ1) is 28.6. The summed E-state index contributed by atoms with van der Waals surface area (Å²) in [5.41, 5.74) is 15.5. The highest BCUT2D eigenvalue weighted by molar-refractivity contribution is 7.21. The average Bonchev–Trinajstić information content (AvgIpc) is 4.08. The van der Waals surface area contributed by atoms with Gasteiger partial charge < -0.3 is 27.0 Å². The van der Waals surface area contributed by atoms with Gasteiger partial charge in [-0.25, -0.2) is 15.0 Å². The van der Waals surface area contributed by atoms with Crippen LogP contribution in [0, 0.1) is 5.92 Å². The number of fused-ring (bicyclic) bond motifs is 1. The molecule has 16 nitrogen and oxygen atoms in total. The van der Waals surface area contributed by atoms with Crippen LogP contribution >= 0.6 is 34.0 Å². The second kappa shape index (κ2) is 17.2. The smallest absolute Gasteiger partial charge is 0.301 e. The number of rotatable bonds is 13. The molecule has 1 saturated heterocycles. The summed E-state index contributed by atoms with van der Waals surface area (Å²) >= 11 is 3.76. The van der Waals surface area contributed by atoms with E-state index in [1.165, 1.54) is 27.4 Å². The lowest BCUT2D eigenvalue weighted by molar-refractivity contribution is -0.127. The van der Waals surface area contributed by atoms with Gasteiger partial charge in [-0.2, -0.15) is 4.68 Å². The van der Waals surface area contributed by atoms with Crippen molar-refractivity contribution in [2.75, 3.05) is 31.9 Å². The molecular weight excluding hydrogens is 809 g/mol. The van der Waals surface area contributed by atoms with Crippen molar-refractivity contribution in [3.63, 3.8) is 0 Å². The largest absolute Gasteiger partial charge is 0.397 e. The number of hydrogen-bond acceptors (Lipinski definition) is 14. The minimum absolute atomic E-state index is 0.0246. The number of thiazole rings is 2. The number of primary amides is 1. The highest BCUT2D eigenvalue weighted by Gasteiger charge is 2.27. The van der Waals surface area contributed by atoms with Gasteiger partial charge in [-0.3, -0.25) is 24.3 Å². The highest BCUT2D eigenvalue weighted by Crippen LogP contribution is 2.34. The Morgan fingerprint density at radius 2 is 1.76 bits per heavy atom. The fourth-order valence-electron chi connectivity index (χ4n) is 6.80.